The average Bonchev–Trinajstić information content (AvgIpc) is 3.26. The third-order valence-corrected chi connectivity index (χ3v) is 4.56. The van der Waals surface area contributed by atoms with E-state index in [1.54, 1.807) is 13.0 Å². The van der Waals surface area contributed by atoms with Crippen LogP contribution < -0.4 is 15.2 Å². The lowest BCUT2D eigenvalue weighted by Gasteiger charge is -2.13. The van der Waals surface area contributed by atoms with Gasteiger partial charge in [-0.05, 0) is 39.0 Å². The fraction of sp³-hybridized carbons (Fsp3) is 0.368. The minimum Gasteiger partial charge on any atom is -0.491 e. The van der Waals surface area contributed by atoms with Crippen molar-refractivity contribution in [2.45, 2.75) is 39.5 Å². The van der Waals surface area contributed by atoms with Gasteiger partial charge in [0.15, 0.2) is 11.9 Å². The molecular weight excluding hydrogens is 360 g/mol. The minimum atomic E-state index is -0.732. The minimum absolute atomic E-state index is 0.171. The Morgan fingerprint density at radius 2 is 2.11 bits per heavy atom. The van der Waals surface area contributed by atoms with E-state index >= 15 is 0 Å². The van der Waals surface area contributed by atoms with Crippen molar-refractivity contribution in [1.82, 2.24) is 24.3 Å². The van der Waals surface area contributed by atoms with Crippen molar-refractivity contribution in [2.24, 2.45) is 5.73 Å². The Labute approximate surface area is 162 Å². The number of fused-ring (bicyclic) bond motifs is 3. The van der Waals surface area contributed by atoms with Gasteiger partial charge >= 0.3 is 0 Å². The van der Waals surface area contributed by atoms with Gasteiger partial charge in [-0.25, -0.2) is 14.6 Å². The number of hydrogen-bond acceptors (Lipinski definition) is 6. The molecule has 0 aliphatic carbocycles. The molecule has 0 saturated carbocycles. The normalized spacial score (nSPS) is 14.0. The third kappa shape index (κ3) is 3.19. The fourth-order valence-corrected chi connectivity index (χ4v) is 3.12. The Hall–Kier alpha value is -3.36. The molecule has 0 radical (unpaired) electrons. The Bertz CT molecular complexity index is 1020. The first-order valence-corrected chi connectivity index (χ1v) is 9.14. The summed E-state index contributed by atoms with van der Waals surface area (Å²) in [6.07, 6.45) is 2.76. The lowest BCUT2D eigenvalue weighted by Crippen LogP contribution is -2.30. The van der Waals surface area contributed by atoms with Crippen LogP contribution in [0.2, 0.25) is 0 Å². The number of hydrogen-bond donors (Lipinski definition) is 1. The maximum atomic E-state index is 11.3. The number of primary amides is 1. The van der Waals surface area contributed by atoms with Crippen LogP contribution in [0.15, 0.2) is 30.7 Å². The van der Waals surface area contributed by atoms with Gasteiger partial charge in [0.2, 0.25) is 0 Å². The van der Waals surface area contributed by atoms with Crippen LogP contribution in [0.5, 0.6) is 11.5 Å². The van der Waals surface area contributed by atoms with Gasteiger partial charge in [0.25, 0.3) is 5.91 Å². The number of nitrogens with zero attached hydrogens (tertiary/aromatic N) is 5. The van der Waals surface area contributed by atoms with Gasteiger partial charge in [-0.2, -0.15) is 5.10 Å². The summed E-state index contributed by atoms with van der Waals surface area (Å²) in [4.78, 5) is 20.5. The number of imidazole rings is 1. The van der Waals surface area contributed by atoms with Crippen LogP contribution in [0.3, 0.4) is 0 Å². The fourth-order valence-electron chi connectivity index (χ4n) is 3.12. The van der Waals surface area contributed by atoms with E-state index in [2.05, 4.69) is 10.1 Å². The lowest BCUT2D eigenvalue weighted by molar-refractivity contribution is -0.123. The molecule has 0 bridgehead atoms. The summed E-state index contributed by atoms with van der Waals surface area (Å²) in [5.74, 6) is 2.17. The summed E-state index contributed by atoms with van der Waals surface area (Å²) in [5.41, 5.74) is 6.83. The summed E-state index contributed by atoms with van der Waals surface area (Å²) in [6.45, 7) is 6.88. The number of carbonyl (C=O) groups is 1. The van der Waals surface area contributed by atoms with E-state index in [1.807, 2.05) is 41.4 Å². The van der Waals surface area contributed by atoms with Crippen LogP contribution in [0.1, 0.15) is 26.8 Å². The van der Waals surface area contributed by atoms with Crippen LogP contribution in [-0.4, -0.2) is 42.9 Å². The van der Waals surface area contributed by atoms with Crippen LogP contribution in [0.4, 0.5) is 0 Å². The molecule has 1 amide bonds. The molecule has 9 heteroatoms. The molecule has 1 aromatic carbocycles. The molecule has 1 aliphatic heterocycles. The molecule has 2 N–H and O–H groups in total. The highest BCUT2D eigenvalue weighted by Crippen LogP contribution is 2.36. The van der Waals surface area contributed by atoms with Crippen LogP contribution in [-0.2, 0) is 11.3 Å². The van der Waals surface area contributed by atoms with E-state index < -0.39 is 12.0 Å². The summed E-state index contributed by atoms with van der Waals surface area (Å²) in [5, 5.41) is 4.29. The maximum absolute atomic E-state index is 11.3. The first kappa shape index (κ1) is 18.0. The predicted molar refractivity (Wildman–Crippen MR) is 102 cm³/mol. The van der Waals surface area contributed by atoms with Crippen LogP contribution in [0.25, 0.3) is 22.9 Å². The smallest absolute Gasteiger partial charge is 0.258 e. The number of amides is 1. The van der Waals surface area contributed by atoms with E-state index in [-0.39, 0.29) is 6.04 Å². The molecule has 3 heterocycles. The van der Waals surface area contributed by atoms with Gasteiger partial charge in [0.05, 0.1) is 12.1 Å². The van der Waals surface area contributed by atoms with Gasteiger partial charge in [0, 0.05) is 12.2 Å². The maximum Gasteiger partial charge on any atom is 0.258 e. The Balaban J connectivity index is 1.76. The first-order valence-electron chi connectivity index (χ1n) is 9.14. The zero-order valence-electron chi connectivity index (χ0n) is 16.0. The van der Waals surface area contributed by atoms with Crippen LogP contribution >= 0.6 is 0 Å². The Morgan fingerprint density at radius 3 is 2.86 bits per heavy atom. The molecule has 2 aromatic heterocycles. The molecular formula is C19H22N6O3. The van der Waals surface area contributed by atoms with Gasteiger partial charge in [-0.15, -0.1) is 0 Å². The standard InChI is InChI=1S/C19H22N6O3/c1-11(2)25-19(21-10-22-25)15-9-24-6-7-27-16-5-4-13(28-12(3)17(20)26)8-14(16)18(24)23-15/h4-5,8-12H,6-7H2,1-3H3,(H2,20,26)/t12-/m0/s1. The molecule has 146 valence electrons. The number of aromatic nitrogens is 5. The van der Waals surface area contributed by atoms with Gasteiger partial charge in [0.1, 0.15) is 36.0 Å². The number of carbonyl (C=O) groups excluding carboxylic acids is 1. The molecule has 0 fully saturated rings. The van der Waals surface area contributed by atoms with Crippen molar-refractivity contribution >= 4 is 5.91 Å². The first-order chi connectivity index (χ1) is 13.4. The van der Waals surface area contributed by atoms with Crippen molar-refractivity contribution in [2.75, 3.05) is 6.61 Å². The molecule has 28 heavy (non-hydrogen) atoms. The third-order valence-electron chi connectivity index (χ3n) is 4.56. The second-order valence-electron chi connectivity index (χ2n) is 6.93. The van der Waals surface area contributed by atoms with Crippen molar-refractivity contribution in [3.63, 3.8) is 0 Å². The molecule has 9 nitrogen and oxygen atoms in total. The Kier molecular flexibility index (Phi) is 4.50. The van der Waals surface area contributed by atoms with E-state index in [4.69, 9.17) is 20.2 Å². The largest absolute Gasteiger partial charge is 0.491 e. The molecule has 3 aromatic rings. The zero-order valence-corrected chi connectivity index (χ0v) is 16.0. The molecule has 1 aliphatic rings. The topological polar surface area (TPSA) is 110 Å². The lowest BCUT2D eigenvalue weighted by atomic mass is 10.1. The van der Waals surface area contributed by atoms with Gasteiger partial charge in [-0.3, -0.25) is 4.79 Å². The molecule has 0 spiro atoms. The van der Waals surface area contributed by atoms with Crippen LogP contribution in [0, 0.1) is 0 Å². The second kappa shape index (κ2) is 6.99. The van der Waals surface area contributed by atoms with Crippen molar-refractivity contribution in [1.29, 1.82) is 0 Å². The van der Waals surface area contributed by atoms with Crippen molar-refractivity contribution < 1.29 is 14.3 Å². The average molecular weight is 382 g/mol. The van der Waals surface area contributed by atoms with E-state index in [0.29, 0.717) is 30.5 Å². The SMILES string of the molecule is CC(C)n1ncnc1-c1cn2c(n1)-c1cc(O[C@@H](C)C(N)=O)ccc1OCC2. The number of ether oxygens (including phenoxy) is 2. The van der Waals surface area contributed by atoms with E-state index in [1.165, 1.54) is 6.33 Å². The highest BCUT2D eigenvalue weighted by atomic mass is 16.5. The highest BCUT2D eigenvalue weighted by molar-refractivity contribution is 5.79. The molecule has 4 rings (SSSR count). The number of rotatable bonds is 5. The quantitative estimate of drug-likeness (QED) is 0.723. The van der Waals surface area contributed by atoms with Crippen molar-refractivity contribution in [3.05, 3.63) is 30.7 Å². The zero-order chi connectivity index (χ0) is 19.8. The number of benzene rings is 1. The summed E-state index contributed by atoms with van der Waals surface area (Å²) in [6, 6.07) is 5.56. The Morgan fingerprint density at radius 1 is 1.29 bits per heavy atom. The monoisotopic (exact) mass is 382 g/mol. The second-order valence-corrected chi connectivity index (χ2v) is 6.93. The molecule has 0 unspecified atom stereocenters. The predicted octanol–water partition coefficient (Wildman–Crippen LogP) is 2.03. The summed E-state index contributed by atoms with van der Waals surface area (Å²) < 4.78 is 15.4. The van der Waals surface area contributed by atoms with Crippen molar-refractivity contribution in [3.8, 4) is 34.4 Å². The van der Waals surface area contributed by atoms with E-state index in [9.17, 15) is 4.79 Å². The summed E-state index contributed by atoms with van der Waals surface area (Å²) >= 11 is 0. The highest BCUT2D eigenvalue weighted by Gasteiger charge is 2.22. The van der Waals surface area contributed by atoms with Gasteiger partial charge < -0.3 is 19.8 Å². The molecule has 1 atom stereocenters. The van der Waals surface area contributed by atoms with E-state index in [0.717, 1.165) is 17.1 Å². The summed E-state index contributed by atoms with van der Waals surface area (Å²) in [7, 11) is 0. The molecule has 0 saturated heterocycles. The number of nitrogens with two attached hydrogens (primary N) is 1. The van der Waals surface area contributed by atoms with Gasteiger partial charge in [-0.1, -0.05) is 0 Å².